The summed E-state index contributed by atoms with van der Waals surface area (Å²) in [5.74, 6) is 1.26. The van der Waals surface area contributed by atoms with E-state index in [1.165, 1.54) is 24.8 Å². The van der Waals surface area contributed by atoms with Crippen molar-refractivity contribution in [3.63, 3.8) is 0 Å². The van der Waals surface area contributed by atoms with Crippen LogP contribution >= 0.6 is 12.4 Å². The second-order valence-corrected chi connectivity index (χ2v) is 6.83. The minimum absolute atomic E-state index is 0. The summed E-state index contributed by atoms with van der Waals surface area (Å²) >= 11 is 0. The molecule has 2 aromatic rings. The van der Waals surface area contributed by atoms with E-state index >= 15 is 0 Å². The van der Waals surface area contributed by atoms with Gasteiger partial charge in [0.2, 0.25) is 5.91 Å². The lowest BCUT2D eigenvalue weighted by Gasteiger charge is -2.25. The van der Waals surface area contributed by atoms with Gasteiger partial charge in [0.25, 0.3) is 0 Å². The summed E-state index contributed by atoms with van der Waals surface area (Å²) in [4.78, 5) is 29.6. The average molecular weight is 378 g/mol. The van der Waals surface area contributed by atoms with E-state index < -0.39 is 0 Å². The normalized spacial score (nSPS) is 18.7. The molecule has 2 N–H and O–H groups in total. The Labute approximate surface area is 158 Å². The third-order valence-corrected chi connectivity index (χ3v) is 5.21. The quantitative estimate of drug-likeness (QED) is 0.855. The molecule has 3 amide bonds. The zero-order valence-electron chi connectivity index (χ0n) is 14.6. The molecule has 0 saturated carbocycles. The first-order valence-electron chi connectivity index (χ1n) is 8.99. The SMILES string of the molecule is Cl.O=C1CCN(c2cnc3c(CCC4CCNCC4)cccn23)C(=O)N1. The number of imide groups is 1. The fourth-order valence-electron chi connectivity index (χ4n) is 3.76. The Balaban J connectivity index is 0.00000196. The number of pyridine rings is 1. The molecule has 0 aliphatic carbocycles. The van der Waals surface area contributed by atoms with Crippen LogP contribution in [-0.2, 0) is 11.2 Å². The number of aryl methyl sites for hydroxylation is 1. The number of fused-ring (bicyclic) bond motifs is 1. The third-order valence-electron chi connectivity index (χ3n) is 5.21. The number of urea groups is 1. The maximum absolute atomic E-state index is 12.1. The maximum Gasteiger partial charge on any atom is 0.329 e. The van der Waals surface area contributed by atoms with Crippen LogP contribution < -0.4 is 15.5 Å². The fourth-order valence-corrected chi connectivity index (χ4v) is 3.76. The zero-order chi connectivity index (χ0) is 17.2. The summed E-state index contributed by atoms with van der Waals surface area (Å²) in [6.45, 7) is 2.62. The van der Waals surface area contributed by atoms with Crippen molar-refractivity contribution in [1.82, 2.24) is 20.0 Å². The first-order valence-corrected chi connectivity index (χ1v) is 8.99. The molecule has 0 atom stereocenters. The Bertz CT molecular complexity index is 800. The molecule has 7 nitrogen and oxygen atoms in total. The van der Waals surface area contributed by atoms with Gasteiger partial charge in [0.15, 0.2) is 0 Å². The number of piperidine rings is 1. The van der Waals surface area contributed by atoms with Crippen molar-refractivity contribution in [3.8, 4) is 0 Å². The number of carbonyl (C=O) groups excluding carboxylic acids is 2. The summed E-state index contributed by atoms with van der Waals surface area (Å²) in [5.41, 5.74) is 2.11. The van der Waals surface area contributed by atoms with Crippen LogP contribution in [-0.4, -0.2) is 41.0 Å². The van der Waals surface area contributed by atoms with Crippen LogP contribution in [0, 0.1) is 5.92 Å². The van der Waals surface area contributed by atoms with Crippen LogP contribution in [0.5, 0.6) is 0 Å². The molecule has 26 heavy (non-hydrogen) atoms. The molecule has 0 radical (unpaired) electrons. The van der Waals surface area contributed by atoms with E-state index in [0.717, 1.165) is 31.1 Å². The largest absolute Gasteiger partial charge is 0.329 e. The molecule has 0 aromatic carbocycles. The number of imidazole rings is 1. The predicted octanol–water partition coefficient (Wildman–Crippen LogP) is 2.13. The minimum Gasteiger partial charge on any atom is -0.317 e. The maximum atomic E-state index is 12.1. The molecular formula is C18H24ClN5O2. The van der Waals surface area contributed by atoms with Gasteiger partial charge in [-0.1, -0.05) is 6.07 Å². The van der Waals surface area contributed by atoms with Crippen molar-refractivity contribution < 1.29 is 9.59 Å². The lowest BCUT2D eigenvalue weighted by molar-refractivity contribution is -0.120. The molecule has 140 valence electrons. The number of halogens is 1. The highest BCUT2D eigenvalue weighted by atomic mass is 35.5. The first kappa shape index (κ1) is 18.7. The Morgan fingerprint density at radius 2 is 2.04 bits per heavy atom. The lowest BCUT2D eigenvalue weighted by Crippen LogP contribution is -2.50. The van der Waals surface area contributed by atoms with Gasteiger partial charge in [0, 0.05) is 19.2 Å². The number of anilines is 1. The number of aromatic nitrogens is 2. The van der Waals surface area contributed by atoms with E-state index in [0.29, 0.717) is 18.8 Å². The summed E-state index contributed by atoms with van der Waals surface area (Å²) in [7, 11) is 0. The van der Waals surface area contributed by atoms with Crippen LogP contribution in [0.25, 0.3) is 5.65 Å². The molecule has 0 unspecified atom stereocenters. The highest BCUT2D eigenvalue weighted by Gasteiger charge is 2.26. The molecule has 2 aliphatic rings. The monoisotopic (exact) mass is 377 g/mol. The number of rotatable bonds is 4. The smallest absolute Gasteiger partial charge is 0.317 e. The Kier molecular flexibility index (Phi) is 5.78. The molecule has 4 heterocycles. The average Bonchev–Trinajstić information content (AvgIpc) is 3.05. The third kappa shape index (κ3) is 3.68. The number of amides is 3. The van der Waals surface area contributed by atoms with Gasteiger partial charge in [-0.3, -0.25) is 19.4 Å². The van der Waals surface area contributed by atoms with Crippen molar-refractivity contribution in [2.24, 2.45) is 5.92 Å². The van der Waals surface area contributed by atoms with Gasteiger partial charge in [-0.15, -0.1) is 12.4 Å². The standard InChI is InChI=1S/C18H23N5O2.ClH/c24-15-7-11-23(18(25)21-15)16-12-20-17-14(2-1-10-22(16)17)4-3-13-5-8-19-9-6-13;/h1-2,10,12-13,19H,3-9,11H2,(H,21,24,25);1H. The molecular weight excluding hydrogens is 354 g/mol. The molecule has 2 fully saturated rings. The van der Waals surface area contributed by atoms with Crippen LogP contribution in [0.4, 0.5) is 10.6 Å². The highest BCUT2D eigenvalue weighted by molar-refractivity contribution is 6.05. The summed E-state index contributed by atoms with van der Waals surface area (Å²) < 4.78 is 1.95. The van der Waals surface area contributed by atoms with Gasteiger partial charge in [-0.2, -0.15) is 0 Å². The second-order valence-electron chi connectivity index (χ2n) is 6.83. The van der Waals surface area contributed by atoms with Gasteiger partial charge >= 0.3 is 6.03 Å². The molecule has 2 aliphatic heterocycles. The fraction of sp³-hybridized carbons (Fsp3) is 0.500. The Morgan fingerprint density at radius 3 is 2.81 bits per heavy atom. The number of nitrogens with zero attached hydrogens (tertiary/aromatic N) is 3. The van der Waals surface area contributed by atoms with Crippen LogP contribution in [0.15, 0.2) is 24.5 Å². The lowest BCUT2D eigenvalue weighted by atomic mass is 9.91. The zero-order valence-corrected chi connectivity index (χ0v) is 15.4. The molecule has 4 rings (SSSR count). The number of carbonyl (C=O) groups is 2. The summed E-state index contributed by atoms with van der Waals surface area (Å²) in [6, 6.07) is 3.74. The van der Waals surface area contributed by atoms with Crippen LogP contribution in [0.3, 0.4) is 0 Å². The van der Waals surface area contributed by atoms with Gasteiger partial charge in [-0.25, -0.2) is 9.78 Å². The Hall–Kier alpha value is -2.12. The molecule has 2 aromatic heterocycles. The van der Waals surface area contributed by atoms with E-state index in [4.69, 9.17) is 0 Å². The first-order chi connectivity index (χ1) is 12.2. The molecule has 8 heteroatoms. The van der Waals surface area contributed by atoms with E-state index in [2.05, 4.69) is 21.7 Å². The van der Waals surface area contributed by atoms with Gasteiger partial charge < -0.3 is 5.32 Å². The van der Waals surface area contributed by atoms with Crippen molar-refractivity contribution >= 4 is 35.8 Å². The van der Waals surface area contributed by atoms with E-state index in [1.807, 2.05) is 16.7 Å². The van der Waals surface area contributed by atoms with E-state index in [9.17, 15) is 9.59 Å². The topological polar surface area (TPSA) is 78.7 Å². The van der Waals surface area contributed by atoms with E-state index in [-0.39, 0.29) is 24.3 Å². The second kappa shape index (κ2) is 8.05. The highest BCUT2D eigenvalue weighted by Crippen LogP contribution is 2.24. The minimum atomic E-state index is -0.377. The number of hydrogen-bond acceptors (Lipinski definition) is 4. The van der Waals surface area contributed by atoms with E-state index in [1.54, 1.807) is 11.1 Å². The Morgan fingerprint density at radius 1 is 1.23 bits per heavy atom. The molecule has 0 bridgehead atoms. The van der Waals surface area contributed by atoms with Crippen molar-refractivity contribution in [1.29, 1.82) is 0 Å². The van der Waals surface area contributed by atoms with Crippen molar-refractivity contribution in [3.05, 3.63) is 30.1 Å². The van der Waals surface area contributed by atoms with Gasteiger partial charge in [-0.05, 0) is 56.3 Å². The molecule has 0 spiro atoms. The number of hydrogen-bond donors (Lipinski definition) is 2. The van der Waals surface area contributed by atoms with Crippen LogP contribution in [0.2, 0.25) is 0 Å². The molecule has 2 saturated heterocycles. The summed E-state index contributed by atoms with van der Waals surface area (Å²) in [6.07, 6.45) is 8.61. The van der Waals surface area contributed by atoms with Crippen molar-refractivity contribution in [2.75, 3.05) is 24.5 Å². The number of nitrogens with one attached hydrogen (secondary N) is 2. The van der Waals surface area contributed by atoms with Gasteiger partial charge in [0.05, 0.1) is 6.20 Å². The van der Waals surface area contributed by atoms with Crippen molar-refractivity contribution in [2.45, 2.75) is 32.1 Å². The van der Waals surface area contributed by atoms with Gasteiger partial charge in [0.1, 0.15) is 11.5 Å². The summed E-state index contributed by atoms with van der Waals surface area (Å²) in [5, 5.41) is 5.77. The predicted molar refractivity (Wildman–Crippen MR) is 102 cm³/mol. The van der Waals surface area contributed by atoms with Crippen LogP contribution in [0.1, 0.15) is 31.2 Å².